The minimum absolute atomic E-state index is 0.0526. The number of benzene rings is 3. The van der Waals surface area contributed by atoms with E-state index in [1.165, 1.54) is 11.8 Å². The predicted octanol–water partition coefficient (Wildman–Crippen LogP) is 6.72. The lowest BCUT2D eigenvalue weighted by Crippen LogP contribution is -2.42. The van der Waals surface area contributed by atoms with Crippen LogP contribution in [0.1, 0.15) is 27.0 Å². The Balaban J connectivity index is 1.41. The van der Waals surface area contributed by atoms with Crippen LogP contribution in [0, 0.1) is 0 Å². The van der Waals surface area contributed by atoms with Gasteiger partial charge in [0.05, 0.1) is 6.54 Å². The fraction of sp³-hybridized carbons (Fsp3) is 0.107. The van der Waals surface area contributed by atoms with Gasteiger partial charge in [-0.15, -0.1) is 0 Å². The van der Waals surface area contributed by atoms with Crippen LogP contribution in [0.25, 0.3) is 12.2 Å². The summed E-state index contributed by atoms with van der Waals surface area (Å²) in [5.41, 5.74) is 3.51. The zero-order valence-corrected chi connectivity index (χ0v) is 21.9. The topological polar surface area (TPSA) is 57.6 Å². The Hall–Kier alpha value is -3.00. The first-order valence-electron chi connectivity index (χ1n) is 10.9. The number of halogens is 1. The Labute approximate surface area is 222 Å². The zero-order chi connectivity index (χ0) is 24.8. The van der Waals surface area contributed by atoms with Gasteiger partial charge in [0.2, 0.25) is 0 Å². The monoisotopic (exact) mass is 563 g/mol. The van der Waals surface area contributed by atoms with Crippen LogP contribution in [0.5, 0.6) is 0 Å². The third-order valence-electron chi connectivity index (χ3n) is 5.53. The van der Waals surface area contributed by atoms with E-state index in [9.17, 15) is 14.7 Å². The number of carboxylic acid groups (broad SMARTS) is 1. The first-order valence-corrected chi connectivity index (χ1v) is 12.9. The Morgan fingerprint density at radius 1 is 1.00 bits per heavy atom. The van der Waals surface area contributed by atoms with E-state index in [0.717, 1.165) is 26.1 Å². The van der Waals surface area contributed by atoms with Crippen LogP contribution in [-0.4, -0.2) is 38.7 Å². The number of hydrogen-bond acceptors (Lipinski definition) is 4. The fourth-order valence-electron chi connectivity index (χ4n) is 3.69. The minimum atomic E-state index is -0.883. The molecule has 0 spiro atoms. The van der Waals surface area contributed by atoms with E-state index in [-0.39, 0.29) is 5.78 Å². The quantitative estimate of drug-likeness (QED) is 0.186. The van der Waals surface area contributed by atoms with Crippen LogP contribution in [0.2, 0.25) is 0 Å². The molecule has 0 amide bonds. The Bertz CT molecular complexity index is 1290. The molecule has 1 saturated heterocycles. The average molecular weight is 565 g/mol. The molecule has 1 heterocycles. The Morgan fingerprint density at radius 3 is 2.31 bits per heavy atom. The molecular formula is C28H22BrNO3S2. The van der Waals surface area contributed by atoms with E-state index in [2.05, 4.69) is 15.9 Å². The second kappa shape index (κ2) is 11.6. The van der Waals surface area contributed by atoms with Gasteiger partial charge in [0, 0.05) is 21.4 Å². The van der Waals surface area contributed by atoms with Gasteiger partial charge >= 0.3 is 5.97 Å². The number of allylic oxidation sites excluding steroid dienone is 1. The third kappa shape index (κ3) is 6.78. The van der Waals surface area contributed by atoms with Crippen molar-refractivity contribution < 1.29 is 14.7 Å². The number of thiocarbonyl (C=S) groups is 1. The summed E-state index contributed by atoms with van der Waals surface area (Å²) >= 11 is 10.3. The SMILES string of the molecule is O=C(/C=C/c1ccc(C=C2CN(C(Cc3ccccc3)C(=O)O)C(=S)S2)cc1)c1ccc(Br)cc1. The maximum atomic E-state index is 12.3. The predicted molar refractivity (Wildman–Crippen MR) is 150 cm³/mol. The summed E-state index contributed by atoms with van der Waals surface area (Å²) in [6, 6.07) is 24.0. The van der Waals surface area contributed by atoms with E-state index in [0.29, 0.717) is 22.8 Å². The van der Waals surface area contributed by atoms with Gasteiger partial charge in [-0.3, -0.25) is 4.79 Å². The normalized spacial score (nSPS) is 15.6. The molecule has 1 aliphatic rings. The molecule has 1 N–H and O–H groups in total. The molecule has 0 saturated carbocycles. The lowest BCUT2D eigenvalue weighted by Gasteiger charge is -2.25. The Morgan fingerprint density at radius 2 is 1.66 bits per heavy atom. The van der Waals surface area contributed by atoms with E-state index < -0.39 is 12.0 Å². The van der Waals surface area contributed by atoms with Gasteiger partial charge in [-0.2, -0.15) is 0 Å². The lowest BCUT2D eigenvalue weighted by atomic mass is 10.0. The van der Waals surface area contributed by atoms with Crippen molar-refractivity contribution in [2.45, 2.75) is 12.5 Å². The van der Waals surface area contributed by atoms with Crippen molar-refractivity contribution in [3.8, 4) is 0 Å². The molecule has 1 aliphatic heterocycles. The van der Waals surface area contributed by atoms with E-state index in [4.69, 9.17) is 12.2 Å². The molecule has 0 aliphatic carbocycles. The van der Waals surface area contributed by atoms with E-state index in [1.807, 2.05) is 72.8 Å². The number of aliphatic carboxylic acids is 1. The highest BCUT2D eigenvalue weighted by molar-refractivity contribution is 9.10. The number of hydrogen-bond donors (Lipinski definition) is 1. The summed E-state index contributed by atoms with van der Waals surface area (Å²) in [5.74, 6) is -0.935. The first kappa shape index (κ1) is 25.1. The maximum absolute atomic E-state index is 12.3. The summed E-state index contributed by atoms with van der Waals surface area (Å²) in [4.78, 5) is 27.1. The Kier molecular flexibility index (Phi) is 8.33. The van der Waals surface area contributed by atoms with Gasteiger partial charge in [-0.25, -0.2) is 4.79 Å². The van der Waals surface area contributed by atoms with Crippen molar-refractivity contribution >= 4 is 68.1 Å². The smallest absolute Gasteiger partial charge is 0.326 e. The molecule has 176 valence electrons. The average Bonchev–Trinajstić information content (AvgIpc) is 3.22. The van der Waals surface area contributed by atoms with Crippen molar-refractivity contribution in [1.82, 2.24) is 4.90 Å². The van der Waals surface area contributed by atoms with Crippen LogP contribution in [-0.2, 0) is 11.2 Å². The molecule has 3 aromatic rings. The van der Waals surface area contributed by atoms with Crippen LogP contribution in [0.15, 0.2) is 94.3 Å². The first-order chi connectivity index (χ1) is 16.9. The molecule has 3 aromatic carbocycles. The summed E-state index contributed by atoms with van der Waals surface area (Å²) < 4.78 is 1.51. The van der Waals surface area contributed by atoms with Crippen molar-refractivity contribution in [2.24, 2.45) is 0 Å². The lowest BCUT2D eigenvalue weighted by molar-refractivity contribution is -0.141. The molecule has 35 heavy (non-hydrogen) atoms. The number of carbonyl (C=O) groups excluding carboxylic acids is 1. The third-order valence-corrected chi connectivity index (χ3v) is 7.46. The van der Waals surface area contributed by atoms with Crippen molar-refractivity contribution in [3.63, 3.8) is 0 Å². The van der Waals surface area contributed by atoms with Gasteiger partial charge in [-0.1, -0.05) is 101 Å². The highest BCUT2D eigenvalue weighted by Gasteiger charge is 2.33. The highest BCUT2D eigenvalue weighted by atomic mass is 79.9. The number of carbonyl (C=O) groups is 2. The molecule has 1 fully saturated rings. The number of nitrogens with zero attached hydrogens (tertiary/aromatic N) is 1. The van der Waals surface area contributed by atoms with Gasteiger partial charge in [0.25, 0.3) is 0 Å². The number of carboxylic acids is 1. The zero-order valence-electron chi connectivity index (χ0n) is 18.6. The van der Waals surface area contributed by atoms with Crippen LogP contribution >= 0.6 is 39.9 Å². The summed E-state index contributed by atoms with van der Waals surface area (Å²) in [6.07, 6.45) is 5.78. The molecule has 1 atom stereocenters. The largest absolute Gasteiger partial charge is 0.480 e. The highest BCUT2D eigenvalue weighted by Crippen LogP contribution is 2.33. The molecule has 0 aromatic heterocycles. The van der Waals surface area contributed by atoms with Crippen molar-refractivity contribution in [3.05, 3.63) is 117 Å². The molecule has 4 nitrogen and oxygen atoms in total. The number of ketones is 1. The van der Waals surface area contributed by atoms with Crippen LogP contribution < -0.4 is 0 Å². The number of thioether (sulfide) groups is 1. The molecule has 4 rings (SSSR count). The second-order valence-electron chi connectivity index (χ2n) is 8.02. The van der Waals surface area contributed by atoms with Gasteiger partial charge < -0.3 is 10.0 Å². The van der Waals surface area contributed by atoms with Gasteiger partial charge in [0.15, 0.2) is 5.78 Å². The van der Waals surface area contributed by atoms with Crippen LogP contribution in [0.4, 0.5) is 0 Å². The van der Waals surface area contributed by atoms with E-state index >= 15 is 0 Å². The maximum Gasteiger partial charge on any atom is 0.326 e. The summed E-state index contributed by atoms with van der Waals surface area (Å²) in [6.45, 7) is 0.469. The summed E-state index contributed by atoms with van der Waals surface area (Å²) in [5, 5.41) is 9.83. The molecule has 0 bridgehead atoms. The standard InChI is InChI=1S/C28H22BrNO3S2/c29-23-13-11-22(12-14-23)26(31)15-10-19-6-8-21(9-7-19)16-24-18-30(28(34)35-24)25(27(32)33)17-20-4-2-1-3-5-20/h1-16,25H,17-18H2,(H,32,33)/b15-10+,24-16?. The van der Waals surface area contributed by atoms with Crippen molar-refractivity contribution in [1.29, 1.82) is 0 Å². The number of rotatable bonds is 8. The van der Waals surface area contributed by atoms with E-state index in [1.54, 1.807) is 29.2 Å². The summed E-state index contributed by atoms with van der Waals surface area (Å²) in [7, 11) is 0. The molecule has 1 unspecified atom stereocenters. The van der Waals surface area contributed by atoms with Crippen molar-refractivity contribution in [2.75, 3.05) is 6.54 Å². The minimum Gasteiger partial charge on any atom is -0.480 e. The fourth-order valence-corrected chi connectivity index (χ4v) is 5.40. The molecular weight excluding hydrogens is 542 g/mol. The van der Waals surface area contributed by atoms with Gasteiger partial charge in [-0.05, 0) is 53.1 Å². The molecule has 0 radical (unpaired) electrons. The molecule has 7 heteroatoms. The second-order valence-corrected chi connectivity index (χ2v) is 10.7. The van der Waals surface area contributed by atoms with Gasteiger partial charge in [0.1, 0.15) is 10.4 Å². The van der Waals surface area contributed by atoms with Crippen LogP contribution in [0.3, 0.4) is 0 Å².